The number of ether oxygens (including phenoxy) is 1. The van der Waals surface area contributed by atoms with Crippen molar-refractivity contribution in [2.45, 2.75) is 20.3 Å². The van der Waals surface area contributed by atoms with Crippen molar-refractivity contribution in [3.8, 4) is 12.1 Å². The van der Waals surface area contributed by atoms with Gasteiger partial charge in [-0.2, -0.15) is 10.5 Å². The van der Waals surface area contributed by atoms with Gasteiger partial charge in [0.25, 0.3) is 0 Å². The zero-order valence-corrected chi connectivity index (χ0v) is 17.6. The molecule has 7 heteroatoms. The van der Waals surface area contributed by atoms with Gasteiger partial charge in [-0.1, -0.05) is 12.1 Å². The van der Waals surface area contributed by atoms with Gasteiger partial charge in [0.2, 0.25) is 0 Å². The van der Waals surface area contributed by atoms with Gasteiger partial charge in [-0.3, -0.25) is 4.79 Å². The lowest BCUT2D eigenvalue weighted by molar-refractivity contribution is -0.114. The van der Waals surface area contributed by atoms with E-state index in [0.717, 1.165) is 22.6 Å². The molecule has 0 N–H and O–H groups in total. The number of esters is 1. The lowest BCUT2D eigenvalue weighted by Crippen LogP contribution is -2.08. The molecule has 0 radical (unpaired) electrons. The van der Waals surface area contributed by atoms with Crippen LogP contribution in [0.3, 0.4) is 0 Å². The third-order valence-corrected chi connectivity index (χ3v) is 5.53. The fourth-order valence-electron chi connectivity index (χ4n) is 2.69. The predicted molar refractivity (Wildman–Crippen MR) is 113 cm³/mol. The molecule has 0 aliphatic carbocycles. The van der Waals surface area contributed by atoms with Gasteiger partial charge < -0.3 is 9.64 Å². The second-order valence-electron chi connectivity index (χ2n) is 6.44. The first kappa shape index (κ1) is 21.9. The van der Waals surface area contributed by atoms with Gasteiger partial charge in [0.1, 0.15) is 17.0 Å². The van der Waals surface area contributed by atoms with Crippen LogP contribution in [-0.4, -0.2) is 32.5 Å². The van der Waals surface area contributed by atoms with Gasteiger partial charge in [-0.05, 0) is 43.2 Å². The Morgan fingerprint density at radius 2 is 1.86 bits per heavy atom. The smallest absolute Gasteiger partial charge is 0.348 e. The van der Waals surface area contributed by atoms with Crippen LogP contribution in [-0.2, 0) is 16.0 Å². The average Bonchev–Trinajstić information content (AvgIpc) is 3.01. The molecule has 0 aliphatic rings. The van der Waals surface area contributed by atoms with Gasteiger partial charge in [0, 0.05) is 31.1 Å². The molecule has 0 aliphatic heterocycles. The summed E-state index contributed by atoms with van der Waals surface area (Å²) in [4.78, 5) is 27.5. The zero-order valence-electron chi connectivity index (χ0n) is 16.8. The van der Waals surface area contributed by atoms with Crippen molar-refractivity contribution in [2.24, 2.45) is 0 Å². The first-order valence-corrected chi connectivity index (χ1v) is 9.75. The number of ketones is 1. The number of carbonyl (C=O) groups excluding carboxylic acids is 2. The van der Waals surface area contributed by atoms with Crippen molar-refractivity contribution in [3.63, 3.8) is 0 Å². The second kappa shape index (κ2) is 9.68. The summed E-state index contributed by atoms with van der Waals surface area (Å²) >= 11 is 1.07. The number of allylic oxidation sites excluding steroid dienone is 1. The molecular formula is C22H21N3O3S. The third-order valence-electron chi connectivity index (χ3n) is 4.25. The number of Topliss-reactive ketones (excluding diaryl/α,β-unsaturated/α-hetero) is 1. The van der Waals surface area contributed by atoms with E-state index >= 15 is 0 Å². The first-order valence-electron chi connectivity index (χ1n) is 8.94. The van der Waals surface area contributed by atoms with Crippen LogP contribution < -0.4 is 4.90 Å². The first-order chi connectivity index (χ1) is 13.8. The highest BCUT2D eigenvalue weighted by molar-refractivity contribution is 7.14. The summed E-state index contributed by atoms with van der Waals surface area (Å²) in [6.07, 6.45) is 1.41. The van der Waals surface area contributed by atoms with Gasteiger partial charge in [0.05, 0.1) is 17.7 Å². The monoisotopic (exact) mass is 407 g/mol. The van der Waals surface area contributed by atoms with Crippen LogP contribution in [0.5, 0.6) is 0 Å². The molecule has 29 heavy (non-hydrogen) atoms. The van der Waals surface area contributed by atoms with E-state index in [4.69, 9.17) is 4.74 Å². The molecule has 0 atom stereocenters. The van der Waals surface area contributed by atoms with Crippen LogP contribution in [0, 0.1) is 29.6 Å². The molecule has 1 aromatic carbocycles. The van der Waals surface area contributed by atoms with Gasteiger partial charge in [-0.25, -0.2) is 4.79 Å². The van der Waals surface area contributed by atoms with E-state index in [-0.39, 0.29) is 18.6 Å². The van der Waals surface area contributed by atoms with E-state index in [1.54, 1.807) is 13.8 Å². The van der Waals surface area contributed by atoms with Crippen LogP contribution in [0.4, 0.5) is 5.69 Å². The Morgan fingerprint density at radius 1 is 1.21 bits per heavy atom. The molecule has 0 fully saturated rings. The lowest BCUT2D eigenvalue weighted by atomic mass is 10.0. The SMILES string of the molecule is CCOC(=O)c1sc(CC(=O)/C(C#N)=C/c2ccc(N(C)C)cc2)c(C#N)c1C. The second-order valence-corrected chi connectivity index (χ2v) is 7.55. The van der Waals surface area contributed by atoms with Gasteiger partial charge in [0.15, 0.2) is 5.78 Å². The van der Waals surface area contributed by atoms with E-state index in [9.17, 15) is 20.1 Å². The Balaban J connectivity index is 2.30. The molecule has 0 unspecified atom stereocenters. The third kappa shape index (κ3) is 5.10. The Kier molecular flexibility index (Phi) is 7.30. The van der Waals surface area contributed by atoms with E-state index < -0.39 is 11.8 Å². The molecule has 0 spiro atoms. The van der Waals surface area contributed by atoms with Crippen LogP contribution in [0.2, 0.25) is 0 Å². The summed E-state index contributed by atoms with van der Waals surface area (Å²) in [5, 5.41) is 18.9. The minimum atomic E-state index is -0.512. The molecule has 2 aromatic rings. The average molecular weight is 407 g/mol. The van der Waals surface area contributed by atoms with Crippen LogP contribution in [0.25, 0.3) is 6.08 Å². The van der Waals surface area contributed by atoms with Crippen molar-refractivity contribution >= 4 is 34.9 Å². The quantitative estimate of drug-likeness (QED) is 0.393. The fraction of sp³-hybridized carbons (Fsp3) is 0.273. The maximum atomic E-state index is 12.7. The van der Waals surface area contributed by atoms with Crippen molar-refractivity contribution in [1.82, 2.24) is 0 Å². The van der Waals surface area contributed by atoms with E-state index in [1.807, 2.05) is 49.3 Å². The largest absolute Gasteiger partial charge is 0.462 e. The molecule has 0 saturated carbocycles. The molecular weight excluding hydrogens is 386 g/mol. The van der Waals surface area contributed by atoms with Gasteiger partial charge >= 0.3 is 5.97 Å². The molecule has 0 saturated heterocycles. The number of nitriles is 2. The highest BCUT2D eigenvalue weighted by Gasteiger charge is 2.23. The minimum absolute atomic E-state index is 0.00442. The summed E-state index contributed by atoms with van der Waals surface area (Å²) in [5.41, 5.74) is 2.52. The van der Waals surface area contributed by atoms with Crippen molar-refractivity contribution in [1.29, 1.82) is 10.5 Å². The molecule has 0 amide bonds. The van der Waals surface area contributed by atoms with E-state index in [2.05, 4.69) is 6.07 Å². The van der Waals surface area contributed by atoms with E-state index in [1.165, 1.54) is 6.08 Å². The topological polar surface area (TPSA) is 94.2 Å². The summed E-state index contributed by atoms with van der Waals surface area (Å²) in [5.74, 6) is -0.917. The number of anilines is 1. The Hall–Kier alpha value is -3.42. The Labute approximate surface area is 174 Å². The standard InChI is InChI=1S/C22H21N3O3S/c1-5-28-22(27)21-14(2)18(13-24)20(29-21)11-19(26)16(12-23)10-15-6-8-17(9-7-15)25(3)4/h6-10H,5,11H2,1-4H3/b16-10+. The molecule has 2 rings (SSSR count). The normalized spacial score (nSPS) is 10.8. The van der Waals surface area contributed by atoms with Crippen molar-refractivity contribution in [3.05, 3.63) is 56.3 Å². The number of thiophene rings is 1. The number of nitrogens with zero attached hydrogens (tertiary/aromatic N) is 3. The van der Waals surface area contributed by atoms with Crippen LogP contribution in [0.1, 0.15) is 38.2 Å². The van der Waals surface area contributed by atoms with Crippen LogP contribution in [0.15, 0.2) is 29.8 Å². The molecule has 1 aromatic heterocycles. The lowest BCUT2D eigenvalue weighted by Gasteiger charge is -2.11. The Bertz CT molecular complexity index is 1030. The Morgan fingerprint density at radius 3 is 2.38 bits per heavy atom. The van der Waals surface area contributed by atoms with Gasteiger partial charge in [-0.15, -0.1) is 11.3 Å². The number of benzene rings is 1. The fourth-order valence-corrected chi connectivity index (χ4v) is 3.83. The number of carbonyl (C=O) groups is 2. The summed E-state index contributed by atoms with van der Waals surface area (Å²) in [6, 6.07) is 11.4. The summed E-state index contributed by atoms with van der Waals surface area (Å²) in [7, 11) is 3.85. The molecule has 0 bridgehead atoms. The molecule has 6 nitrogen and oxygen atoms in total. The molecule has 148 valence electrons. The summed E-state index contributed by atoms with van der Waals surface area (Å²) < 4.78 is 5.01. The van der Waals surface area contributed by atoms with Crippen molar-refractivity contribution < 1.29 is 14.3 Å². The highest BCUT2D eigenvalue weighted by atomic mass is 32.1. The van der Waals surface area contributed by atoms with Crippen molar-refractivity contribution in [2.75, 3.05) is 25.6 Å². The minimum Gasteiger partial charge on any atom is -0.462 e. The highest BCUT2D eigenvalue weighted by Crippen LogP contribution is 2.29. The van der Waals surface area contributed by atoms with Crippen LogP contribution >= 0.6 is 11.3 Å². The number of hydrogen-bond donors (Lipinski definition) is 0. The maximum absolute atomic E-state index is 12.7. The number of rotatable bonds is 7. The van der Waals surface area contributed by atoms with E-state index in [0.29, 0.717) is 20.9 Å². The molecule has 1 heterocycles. The summed E-state index contributed by atoms with van der Waals surface area (Å²) in [6.45, 7) is 3.58. The predicted octanol–water partition coefficient (Wildman–Crippen LogP) is 3.89. The maximum Gasteiger partial charge on any atom is 0.348 e. The zero-order chi connectivity index (χ0) is 21.6. The number of hydrogen-bond acceptors (Lipinski definition) is 7.